The number of nitrogens with one attached hydrogen (secondary N) is 2. The Morgan fingerprint density at radius 3 is 2.50 bits per heavy atom. The van der Waals surface area contributed by atoms with Crippen molar-refractivity contribution in [1.82, 2.24) is 10.2 Å². The predicted octanol–water partition coefficient (Wildman–Crippen LogP) is 0.731. The second-order valence-corrected chi connectivity index (χ2v) is 7.47. The van der Waals surface area contributed by atoms with Crippen LogP contribution in [0.3, 0.4) is 0 Å². The van der Waals surface area contributed by atoms with E-state index in [2.05, 4.69) is 10.6 Å². The standard InChI is InChI=1S/C16H24N4O3S/c1-9(2)18-12(21)7-20(3)8-13(22)19-16-14(15(17)23)10-5-4-6-11(10)24-16/h9H,4-8H2,1-3H3,(H2,17,23)(H,18,21)(H,19,22). The van der Waals surface area contributed by atoms with Crippen LogP contribution in [0, 0.1) is 0 Å². The maximum atomic E-state index is 12.2. The minimum absolute atomic E-state index is 0.0614. The zero-order valence-electron chi connectivity index (χ0n) is 14.3. The second kappa shape index (κ2) is 7.76. The van der Waals surface area contributed by atoms with Gasteiger partial charge in [-0.05, 0) is 45.7 Å². The number of hydrogen-bond acceptors (Lipinski definition) is 5. The Labute approximate surface area is 145 Å². The van der Waals surface area contributed by atoms with Crippen molar-refractivity contribution in [2.24, 2.45) is 5.73 Å². The first-order valence-corrected chi connectivity index (χ1v) is 8.81. The van der Waals surface area contributed by atoms with Gasteiger partial charge in [0, 0.05) is 10.9 Å². The summed E-state index contributed by atoms with van der Waals surface area (Å²) >= 11 is 1.42. The lowest BCUT2D eigenvalue weighted by Crippen LogP contribution is -2.41. The van der Waals surface area contributed by atoms with Gasteiger partial charge in [0.05, 0.1) is 18.7 Å². The van der Waals surface area contributed by atoms with Crippen LogP contribution in [0.5, 0.6) is 0 Å². The number of amides is 3. The van der Waals surface area contributed by atoms with E-state index >= 15 is 0 Å². The topological polar surface area (TPSA) is 105 Å². The number of likely N-dealkylation sites (N-methyl/N-ethyl adjacent to an activating group) is 1. The first-order valence-electron chi connectivity index (χ1n) is 8.00. The Hall–Kier alpha value is -1.93. The van der Waals surface area contributed by atoms with Crippen molar-refractivity contribution < 1.29 is 14.4 Å². The van der Waals surface area contributed by atoms with E-state index < -0.39 is 5.91 Å². The third-order valence-electron chi connectivity index (χ3n) is 3.70. The zero-order valence-corrected chi connectivity index (χ0v) is 15.1. The second-order valence-electron chi connectivity index (χ2n) is 6.37. The highest BCUT2D eigenvalue weighted by Gasteiger charge is 2.26. The van der Waals surface area contributed by atoms with Gasteiger partial charge in [0.25, 0.3) is 5.91 Å². The molecule has 1 aliphatic rings. The van der Waals surface area contributed by atoms with Crippen LogP contribution in [-0.2, 0) is 22.4 Å². The SMILES string of the molecule is CC(C)NC(=O)CN(C)CC(=O)Nc1sc2c(c1C(N)=O)CCC2. The maximum absolute atomic E-state index is 12.2. The van der Waals surface area contributed by atoms with E-state index in [1.54, 1.807) is 11.9 Å². The normalized spacial score (nSPS) is 13.2. The van der Waals surface area contributed by atoms with Crippen molar-refractivity contribution in [3.8, 4) is 0 Å². The van der Waals surface area contributed by atoms with Gasteiger partial charge >= 0.3 is 0 Å². The van der Waals surface area contributed by atoms with Crippen LogP contribution in [0.1, 0.15) is 41.1 Å². The number of nitrogens with zero attached hydrogens (tertiary/aromatic N) is 1. The van der Waals surface area contributed by atoms with Gasteiger partial charge in [-0.1, -0.05) is 0 Å². The summed E-state index contributed by atoms with van der Waals surface area (Å²) in [5, 5.41) is 6.07. The Balaban J connectivity index is 1.95. The van der Waals surface area contributed by atoms with Gasteiger partial charge in [-0.25, -0.2) is 0 Å². The summed E-state index contributed by atoms with van der Waals surface area (Å²) in [5.74, 6) is -0.903. The lowest BCUT2D eigenvalue weighted by molar-refractivity contribution is -0.123. The van der Waals surface area contributed by atoms with E-state index in [1.807, 2.05) is 13.8 Å². The Morgan fingerprint density at radius 1 is 1.21 bits per heavy atom. The van der Waals surface area contributed by atoms with E-state index in [-0.39, 0.29) is 30.9 Å². The number of hydrogen-bond donors (Lipinski definition) is 3. The first-order chi connectivity index (χ1) is 11.3. The summed E-state index contributed by atoms with van der Waals surface area (Å²) in [6.45, 7) is 3.96. The molecule has 1 aromatic rings. The molecule has 0 unspecified atom stereocenters. The molecule has 132 valence electrons. The van der Waals surface area contributed by atoms with Crippen LogP contribution in [-0.4, -0.2) is 48.8 Å². The number of nitrogens with two attached hydrogens (primary N) is 1. The summed E-state index contributed by atoms with van der Waals surface area (Å²) in [6, 6.07) is 0.0614. The van der Waals surface area contributed by atoms with Crippen LogP contribution in [0.25, 0.3) is 0 Å². The number of thiophene rings is 1. The molecule has 0 spiro atoms. The number of carbonyl (C=O) groups excluding carboxylic acids is 3. The average molecular weight is 352 g/mol. The fourth-order valence-electron chi connectivity index (χ4n) is 2.83. The molecule has 0 aromatic carbocycles. The minimum atomic E-state index is -0.505. The van der Waals surface area contributed by atoms with Gasteiger partial charge < -0.3 is 16.4 Å². The third kappa shape index (κ3) is 4.55. The van der Waals surface area contributed by atoms with Crippen LogP contribution >= 0.6 is 11.3 Å². The molecule has 7 nitrogen and oxygen atoms in total. The number of primary amides is 1. The van der Waals surface area contributed by atoms with Crippen molar-refractivity contribution in [1.29, 1.82) is 0 Å². The molecule has 0 saturated heterocycles. The highest BCUT2D eigenvalue weighted by molar-refractivity contribution is 7.17. The number of rotatable bonds is 7. The maximum Gasteiger partial charge on any atom is 0.251 e. The van der Waals surface area contributed by atoms with Gasteiger partial charge in [-0.3, -0.25) is 19.3 Å². The highest BCUT2D eigenvalue weighted by atomic mass is 32.1. The molecular weight excluding hydrogens is 328 g/mol. The molecule has 8 heteroatoms. The fourth-order valence-corrected chi connectivity index (χ4v) is 4.14. The molecule has 1 aromatic heterocycles. The van der Waals surface area contributed by atoms with Crippen LogP contribution in [0.15, 0.2) is 0 Å². The van der Waals surface area contributed by atoms with Gasteiger partial charge in [0.2, 0.25) is 11.8 Å². The molecule has 3 amide bonds. The summed E-state index contributed by atoms with van der Waals surface area (Å²) in [6.07, 6.45) is 2.77. The number of aryl methyl sites for hydroxylation is 1. The zero-order chi connectivity index (χ0) is 17.9. The van der Waals surface area contributed by atoms with E-state index in [4.69, 9.17) is 5.73 Å². The van der Waals surface area contributed by atoms with Gasteiger partial charge in [0.15, 0.2) is 0 Å². The molecule has 4 N–H and O–H groups in total. The number of fused-ring (bicyclic) bond motifs is 1. The van der Waals surface area contributed by atoms with Crippen molar-refractivity contribution >= 4 is 34.1 Å². The Morgan fingerprint density at radius 2 is 1.88 bits per heavy atom. The van der Waals surface area contributed by atoms with Crippen molar-refractivity contribution in [2.45, 2.75) is 39.2 Å². The highest BCUT2D eigenvalue weighted by Crippen LogP contribution is 2.38. The molecule has 0 saturated carbocycles. The van der Waals surface area contributed by atoms with Crippen LogP contribution in [0.2, 0.25) is 0 Å². The molecule has 1 heterocycles. The molecule has 24 heavy (non-hydrogen) atoms. The lowest BCUT2D eigenvalue weighted by atomic mass is 10.1. The largest absolute Gasteiger partial charge is 0.365 e. The van der Waals surface area contributed by atoms with Crippen molar-refractivity contribution in [3.05, 3.63) is 16.0 Å². The Bertz CT molecular complexity index is 654. The average Bonchev–Trinajstić information content (AvgIpc) is 2.95. The van der Waals surface area contributed by atoms with Crippen molar-refractivity contribution in [2.75, 3.05) is 25.5 Å². The van der Waals surface area contributed by atoms with E-state index in [1.165, 1.54) is 11.3 Å². The quantitative estimate of drug-likeness (QED) is 0.673. The molecule has 0 atom stereocenters. The van der Waals surface area contributed by atoms with E-state index in [0.29, 0.717) is 10.6 Å². The molecule has 0 bridgehead atoms. The Kier molecular flexibility index (Phi) is 5.95. The van der Waals surface area contributed by atoms with E-state index in [9.17, 15) is 14.4 Å². The molecule has 0 fully saturated rings. The van der Waals surface area contributed by atoms with Gasteiger partial charge in [0.1, 0.15) is 5.00 Å². The monoisotopic (exact) mass is 352 g/mol. The first kappa shape index (κ1) is 18.4. The van der Waals surface area contributed by atoms with Crippen LogP contribution in [0.4, 0.5) is 5.00 Å². The minimum Gasteiger partial charge on any atom is -0.365 e. The lowest BCUT2D eigenvalue weighted by Gasteiger charge is -2.17. The summed E-state index contributed by atoms with van der Waals surface area (Å²) in [7, 11) is 1.70. The number of anilines is 1. The third-order valence-corrected chi connectivity index (χ3v) is 4.90. The summed E-state index contributed by atoms with van der Waals surface area (Å²) in [5.41, 5.74) is 6.90. The fraction of sp³-hybridized carbons (Fsp3) is 0.562. The molecule has 1 aliphatic carbocycles. The van der Waals surface area contributed by atoms with Crippen molar-refractivity contribution in [3.63, 3.8) is 0 Å². The predicted molar refractivity (Wildman–Crippen MR) is 94.3 cm³/mol. The molecular formula is C16H24N4O3S. The summed E-state index contributed by atoms with van der Waals surface area (Å²) in [4.78, 5) is 38.4. The summed E-state index contributed by atoms with van der Waals surface area (Å²) < 4.78 is 0. The van der Waals surface area contributed by atoms with Crippen LogP contribution < -0.4 is 16.4 Å². The van der Waals surface area contributed by atoms with Gasteiger partial charge in [-0.15, -0.1) is 11.3 Å². The molecule has 0 radical (unpaired) electrons. The molecule has 0 aliphatic heterocycles. The molecule has 2 rings (SSSR count). The number of carbonyl (C=O) groups is 3. The smallest absolute Gasteiger partial charge is 0.251 e. The van der Waals surface area contributed by atoms with Gasteiger partial charge in [-0.2, -0.15) is 0 Å². The van der Waals surface area contributed by atoms with E-state index in [0.717, 1.165) is 29.7 Å².